The Kier molecular flexibility index (Phi) is 11.7. The molecule has 0 unspecified atom stereocenters. The summed E-state index contributed by atoms with van der Waals surface area (Å²) in [4.78, 5) is 54.3. The average Bonchev–Trinajstić information content (AvgIpc) is 3.51. The van der Waals surface area contributed by atoms with Crippen molar-refractivity contribution in [2.24, 2.45) is 0 Å². The number of aliphatic hydroxyl groups excluding tert-OH is 2. The van der Waals surface area contributed by atoms with Crippen LogP contribution in [0.2, 0.25) is 0 Å². The quantitative estimate of drug-likeness (QED) is 0.199. The van der Waals surface area contributed by atoms with Gasteiger partial charge in [-0.1, -0.05) is 66.7 Å². The van der Waals surface area contributed by atoms with Crippen molar-refractivity contribution < 1.29 is 34.1 Å². The Balaban J connectivity index is 1.47. The molecule has 4 rings (SSSR count). The van der Waals surface area contributed by atoms with Crippen LogP contribution in [0.15, 0.2) is 72.8 Å². The number of benzene rings is 3. The minimum atomic E-state index is -1.71. The number of amides is 4. The topological polar surface area (TPSA) is 157 Å². The number of ether oxygens (including phenoxy) is 1. The molecule has 1 aliphatic heterocycles. The Hall–Kier alpha value is -4.13. The third-order valence-electron chi connectivity index (χ3n) is 7.42. The highest BCUT2D eigenvalue weighted by Crippen LogP contribution is 2.25. The van der Waals surface area contributed by atoms with E-state index in [0.717, 1.165) is 16.3 Å². The maximum Gasteiger partial charge on any atom is 0.258 e. The Morgan fingerprint density at radius 1 is 0.957 bits per heavy atom. The zero-order chi connectivity index (χ0) is 33.4. The highest BCUT2D eigenvalue weighted by Gasteiger charge is 2.41. The van der Waals surface area contributed by atoms with Crippen LogP contribution in [-0.4, -0.2) is 92.9 Å². The molecule has 5 atom stereocenters. The highest BCUT2D eigenvalue weighted by molar-refractivity contribution is 7.99. The zero-order valence-electron chi connectivity index (χ0n) is 26.4. The molecule has 0 spiro atoms. The molecule has 0 bridgehead atoms. The van der Waals surface area contributed by atoms with Crippen molar-refractivity contribution in [3.63, 3.8) is 0 Å². The van der Waals surface area contributed by atoms with E-state index in [2.05, 4.69) is 16.0 Å². The molecule has 5 N–H and O–H groups in total. The summed E-state index contributed by atoms with van der Waals surface area (Å²) in [6, 6.07) is 18.7. The van der Waals surface area contributed by atoms with Crippen LogP contribution in [-0.2, 0) is 25.6 Å². The standard InChI is InChI=1S/C34H42N4O7S/c1-21(39)29(36-28(40)18-45-27-16-10-14-23-13-8-9-15-24(23)27)32(43)35-25(17-22-11-6-5-7-12-22)30(41)33(44)38-20-46-19-26(38)31(42)37-34(2,3)4/h5-16,21,25-26,29-30,39,41H,17-20H2,1-4H3,(H,35,43)(H,36,40)(H,37,42)/t21-,25+,26+,29+,30+/m1/s1. The fraction of sp³-hybridized carbons (Fsp3) is 0.412. The van der Waals surface area contributed by atoms with E-state index in [-0.39, 0.29) is 18.2 Å². The summed E-state index contributed by atoms with van der Waals surface area (Å²) in [5, 5.41) is 31.7. The Morgan fingerprint density at radius 3 is 2.33 bits per heavy atom. The number of thioether (sulfide) groups is 1. The largest absolute Gasteiger partial charge is 0.483 e. The number of aliphatic hydroxyl groups is 2. The normalized spacial score (nSPS) is 17.4. The van der Waals surface area contributed by atoms with Crippen molar-refractivity contribution in [2.45, 2.75) is 70.0 Å². The van der Waals surface area contributed by atoms with Crippen molar-refractivity contribution in [3.8, 4) is 5.75 Å². The van der Waals surface area contributed by atoms with Crippen molar-refractivity contribution in [3.05, 3.63) is 78.4 Å². The lowest BCUT2D eigenvalue weighted by Gasteiger charge is -2.32. The smallest absolute Gasteiger partial charge is 0.258 e. The zero-order valence-corrected chi connectivity index (χ0v) is 27.3. The molecule has 1 aliphatic rings. The van der Waals surface area contributed by atoms with Crippen molar-refractivity contribution in [2.75, 3.05) is 18.2 Å². The van der Waals surface area contributed by atoms with Gasteiger partial charge in [-0.2, -0.15) is 0 Å². The van der Waals surface area contributed by atoms with E-state index in [1.54, 1.807) is 36.4 Å². The molecule has 0 radical (unpaired) electrons. The monoisotopic (exact) mass is 650 g/mol. The number of carbonyl (C=O) groups is 4. The van der Waals surface area contributed by atoms with Crippen LogP contribution in [0.25, 0.3) is 10.8 Å². The van der Waals surface area contributed by atoms with Crippen molar-refractivity contribution in [1.29, 1.82) is 0 Å². The first kappa shape index (κ1) is 34.7. The van der Waals surface area contributed by atoms with E-state index < -0.39 is 60.2 Å². The summed E-state index contributed by atoms with van der Waals surface area (Å²) in [5.41, 5.74) is 0.223. The molecule has 46 heavy (non-hydrogen) atoms. The highest BCUT2D eigenvalue weighted by atomic mass is 32.2. The van der Waals surface area contributed by atoms with Crippen molar-refractivity contribution >= 4 is 46.2 Å². The third-order valence-corrected chi connectivity index (χ3v) is 8.43. The van der Waals surface area contributed by atoms with Crippen molar-refractivity contribution in [1.82, 2.24) is 20.9 Å². The van der Waals surface area contributed by atoms with Crippen LogP contribution in [0.3, 0.4) is 0 Å². The molecule has 0 aliphatic carbocycles. The molecule has 1 fully saturated rings. The van der Waals surface area contributed by atoms with Crippen LogP contribution in [0.4, 0.5) is 0 Å². The number of hydrogen-bond donors (Lipinski definition) is 5. The summed E-state index contributed by atoms with van der Waals surface area (Å²) in [5.74, 6) is -1.41. The van der Waals surface area contributed by atoms with Gasteiger partial charge in [0.05, 0.1) is 18.0 Å². The molecule has 1 heterocycles. The summed E-state index contributed by atoms with van der Waals surface area (Å²) in [6.07, 6.45) is -2.95. The van der Waals surface area contributed by atoms with Crippen LogP contribution in [0.5, 0.6) is 5.75 Å². The van der Waals surface area contributed by atoms with Gasteiger partial charge >= 0.3 is 0 Å². The lowest BCUT2D eigenvalue weighted by molar-refractivity contribution is -0.147. The van der Waals surface area contributed by atoms with Crippen LogP contribution < -0.4 is 20.7 Å². The number of nitrogens with zero attached hydrogens (tertiary/aromatic N) is 1. The van der Waals surface area contributed by atoms with E-state index in [1.165, 1.54) is 23.6 Å². The first-order valence-corrected chi connectivity index (χ1v) is 16.3. The molecule has 3 aromatic rings. The first-order chi connectivity index (χ1) is 21.8. The van der Waals surface area contributed by atoms with Crippen LogP contribution >= 0.6 is 11.8 Å². The van der Waals surface area contributed by atoms with Gasteiger partial charge in [-0.05, 0) is 51.1 Å². The number of hydrogen-bond acceptors (Lipinski definition) is 8. The first-order valence-electron chi connectivity index (χ1n) is 15.1. The SMILES string of the molecule is C[C@@H](O)[C@H](NC(=O)COc1cccc2ccccc12)C(=O)N[C@@H](Cc1ccccc1)[C@H](O)C(=O)N1CSC[C@H]1C(=O)NC(C)(C)C. The Bertz CT molecular complexity index is 1520. The fourth-order valence-corrected chi connectivity index (χ4v) is 6.30. The average molecular weight is 651 g/mol. The number of rotatable bonds is 12. The van der Waals surface area contributed by atoms with Gasteiger partial charge in [0.25, 0.3) is 11.8 Å². The molecule has 0 saturated carbocycles. The number of nitrogens with one attached hydrogen (secondary N) is 3. The molecule has 12 heteroatoms. The van der Waals surface area contributed by atoms with Gasteiger partial charge in [0, 0.05) is 16.7 Å². The fourth-order valence-electron chi connectivity index (χ4n) is 5.14. The summed E-state index contributed by atoms with van der Waals surface area (Å²) in [6.45, 7) is 6.46. The van der Waals surface area contributed by atoms with Crippen LogP contribution in [0.1, 0.15) is 33.3 Å². The predicted octanol–water partition coefficient (Wildman–Crippen LogP) is 1.99. The molecular weight excluding hydrogens is 608 g/mol. The predicted molar refractivity (Wildman–Crippen MR) is 177 cm³/mol. The molecule has 3 aromatic carbocycles. The number of fused-ring (bicyclic) bond motifs is 1. The minimum absolute atomic E-state index is 0.0734. The van der Waals surface area contributed by atoms with Crippen LogP contribution in [0, 0.1) is 0 Å². The Labute approximate surface area is 273 Å². The van der Waals surface area contributed by atoms with Gasteiger partial charge in [-0.15, -0.1) is 11.8 Å². The minimum Gasteiger partial charge on any atom is -0.483 e. The molecule has 0 aromatic heterocycles. The Morgan fingerprint density at radius 2 is 1.63 bits per heavy atom. The second-order valence-corrected chi connectivity index (χ2v) is 13.4. The summed E-state index contributed by atoms with van der Waals surface area (Å²) >= 11 is 1.39. The van der Waals surface area contributed by atoms with Gasteiger partial charge in [-0.25, -0.2) is 0 Å². The summed E-state index contributed by atoms with van der Waals surface area (Å²) in [7, 11) is 0. The van der Waals surface area contributed by atoms with E-state index in [9.17, 15) is 29.4 Å². The molecule has 1 saturated heterocycles. The van der Waals surface area contributed by atoms with E-state index >= 15 is 0 Å². The maximum absolute atomic E-state index is 13.6. The van der Waals surface area contributed by atoms with Gasteiger partial charge in [-0.3, -0.25) is 19.2 Å². The molecular formula is C34H42N4O7S. The third kappa shape index (κ3) is 9.21. The van der Waals surface area contributed by atoms with E-state index in [0.29, 0.717) is 11.5 Å². The molecule has 4 amide bonds. The van der Waals surface area contributed by atoms with E-state index in [4.69, 9.17) is 4.74 Å². The van der Waals surface area contributed by atoms with Gasteiger partial charge in [0.2, 0.25) is 11.8 Å². The lowest BCUT2D eigenvalue weighted by atomic mass is 9.99. The molecule has 11 nitrogen and oxygen atoms in total. The maximum atomic E-state index is 13.6. The second kappa shape index (κ2) is 15.4. The summed E-state index contributed by atoms with van der Waals surface area (Å²) < 4.78 is 5.74. The second-order valence-electron chi connectivity index (χ2n) is 12.4. The van der Waals surface area contributed by atoms with Gasteiger partial charge in [0.1, 0.15) is 17.8 Å². The van der Waals surface area contributed by atoms with Gasteiger partial charge < -0.3 is 35.8 Å². The lowest BCUT2D eigenvalue weighted by Crippen LogP contribution is -2.60. The molecule has 246 valence electrons. The van der Waals surface area contributed by atoms with E-state index in [1.807, 2.05) is 57.2 Å². The number of carbonyl (C=O) groups excluding carboxylic acids is 4. The van der Waals surface area contributed by atoms with Gasteiger partial charge in [0.15, 0.2) is 12.7 Å².